The molecular weight excluding hydrogens is 281 g/mol. The van der Waals surface area contributed by atoms with Crippen molar-refractivity contribution in [3.8, 4) is 0 Å². The summed E-state index contributed by atoms with van der Waals surface area (Å²) in [5.74, 6) is -0.374. The van der Waals surface area contributed by atoms with Crippen LogP contribution in [0.3, 0.4) is 0 Å². The number of hydrogen-bond donors (Lipinski definition) is 1. The van der Waals surface area contributed by atoms with Crippen molar-refractivity contribution in [1.29, 1.82) is 0 Å². The van der Waals surface area contributed by atoms with Crippen LogP contribution in [0.25, 0.3) is 0 Å². The first-order valence-electron chi connectivity index (χ1n) is 6.79. The Labute approximate surface area is 122 Å². The van der Waals surface area contributed by atoms with E-state index < -0.39 is 17.6 Å². The highest BCUT2D eigenvalue weighted by molar-refractivity contribution is 5.83. The van der Waals surface area contributed by atoms with Crippen molar-refractivity contribution in [3.05, 3.63) is 35.4 Å². The number of halogens is 3. The minimum absolute atomic E-state index is 0.0435. The molecule has 0 bridgehead atoms. The highest BCUT2D eigenvalue weighted by atomic mass is 19.4. The predicted octanol–water partition coefficient (Wildman–Crippen LogP) is 2.84. The number of aryl methyl sites for hydroxylation is 1. The summed E-state index contributed by atoms with van der Waals surface area (Å²) in [7, 11) is 0. The Morgan fingerprint density at radius 2 is 1.86 bits per heavy atom. The lowest BCUT2D eigenvalue weighted by atomic mass is 9.94. The average molecular weight is 300 g/mol. The first kappa shape index (κ1) is 15.8. The summed E-state index contributed by atoms with van der Waals surface area (Å²) in [6, 6.07) is 5.24. The van der Waals surface area contributed by atoms with E-state index in [0.717, 1.165) is 10.6 Å². The number of carbonyl (C=O) groups is 1. The molecule has 0 saturated carbocycles. The Morgan fingerprint density at radius 1 is 1.29 bits per heavy atom. The molecule has 0 radical (unpaired) electrons. The third kappa shape index (κ3) is 3.56. The van der Waals surface area contributed by atoms with Gasteiger partial charge in [-0.05, 0) is 32.8 Å². The summed E-state index contributed by atoms with van der Waals surface area (Å²) in [6.45, 7) is 5.21. The van der Waals surface area contributed by atoms with Gasteiger partial charge in [0.25, 0.3) is 0 Å². The van der Waals surface area contributed by atoms with Gasteiger partial charge >= 0.3 is 6.18 Å². The molecule has 0 spiro atoms. The van der Waals surface area contributed by atoms with Crippen LogP contribution in [0.5, 0.6) is 0 Å². The predicted molar refractivity (Wildman–Crippen MR) is 73.4 cm³/mol. The summed E-state index contributed by atoms with van der Waals surface area (Å²) < 4.78 is 40.0. The van der Waals surface area contributed by atoms with Crippen LogP contribution in [0.4, 0.5) is 13.2 Å². The second kappa shape index (κ2) is 5.33. The first-order valence-corrected chi connectivity index (χ1v) is 6.79. The van der Waals surface area contributed by atoms with Crippen LogP contribution in [0, 0.1) is 12.3 Å². The van der Waals surface area contributed by atoms with Crippen LogP contribution in [0.2, 0.25) is 0 Å². The quantitative estimate of drug-likeness (QED) is 0.931. The Balaban J connectivity index is 2.20. The Hall–Kier alpha value is -1.56. The number of hydrogen-bond acceptors (Lipinski definition) is 2. The fraction of sp³-hybridized carbons (Fsp3) is 0.533. The van der Waals surface area contributed by atoms with Crippen LogP contribution >= 0.6 is 0 Å². The number of alkyl halides is 3. The zero-order valence-corrected chi connectivity index (χ0v) is 12.3. The molecule has 0 aliphatic carbocycles. The molecule has 116 valence electrons. The van der Waals surface area contributed by atoms with Crippen molar-refractivity contribution in [1.82, 2.24) is 10.4 Å². The highest BCUT2D eigenvalue weighted by Gasteiger charge is 2.50. The van der Waals surface area contributed by atoms with E-state index in [1.54, 1.807) is 38.1 Å². The van der Waals surface area contributed by atoms with Gasteiger partial charge in [0.15, 0.2) is 0 Å². The van der Waals surface area contributed by atoms with E-state index >= 15 is 0 Å². The highest BCUT2D eigenvalue weighted by Crippen LogP contribution is 2.32. The van der Waals surface area contributed by atoms with Gasteiger partial charge in [0, 0.05) is 6.54 Å². The third-order valence-electron chi connectivity index (χ3n) is 3.73. The number of rotatable bonds is 3. The third-order valence-corrected chi connectivity index (χ3v) is 3.73. The number of carbonyl (C=O) groups excluding carboxylic acids is 1. The minimum atomic E-state index is -4.40. The summed E-state index contributed by atoms with van der Waals surface area (Å²) in [5, 5.41) is 1.02. The zero-order valence-electron chi connectivity index (χ0n) is 12.3. The first-order chi connectivity index (χ1) is 9.59. The molecule has 1 amide bonds. The van der Waals surface area contributed by atoms with E-state index in [2.05, 4.69) is 5.43 Å². The molecule has 1 aliphatic rings. The maximum atomic E-state index is 13.3. The van der Waals surface area contributed by atoms with E-state index in [0.29, 0.717) is 5.56 Å². The van der Waals surface area contributed by atoms with Gasteiger partial charge in [0.1, 0.15) is 6.04 Å². The summed E-state index contributed by atoms with van der Waals surface area (Å²) in [5.41, 5.74) is 3.15. The lowest BCUT2D eigenvalue weighted by molar-refractivity contribution is -0.188. The smallest absolute Gasteiger partial charge is 0.288 e. The molecule has 1 atom stereocenters. The van der Waals surface area contributed by atoms with Gasteiger partial charge in [-0.1, -0.05) is 29.8 Å². The van der Waals surface area contributed by atoms with Crippen LogP contribution in [0.15, 0.2) is 24.3 Å². The van der Waals surface area contributed by atoms with Gasteiger partial charge in [-0.15, -0.1) is 0 Å². The largest absolute Gasteiger partial charge is 0.406 e. The molecule has 1 aromatic carbocycles. The molecule has 6 heteroatoms. The summed E-state index contributed by atoms with van der Waals surface area (Å²) >= 11 is 0. The second-order valence-electron chi connectivity index (χ2n) is 6.20. The molecule has 1 heterocycles. The van der Waals surface area contributed by atoms with Crippen molar-refractivity contribution in [2.75, 3.05) is 6.54 Å². The Kier molecular flexibility index (Phi) is 4.02. The summed E-state index contributed by atoms with van der Waals surface area (Å²) in [4.78, 5) is 11.7. The van der Waals surface area contributed by atoms with Crippen molar-refractivity contribution in [2.45, 2.75) is 39.4 Å². The Bertz CT molecular complexity index is 523. The molecule has 1 aromatic rings. The topological polar surface area (TPSA) is 32.3 Å². The van der Waals surface area contributed by atoms with Gasteiger partial charge in [-0.25, -0.2) is 5.01 Å². The molecule has 0 aromatic heterocycles. The SMILES string of the molecule is Cc1ccc(CC(N2CC(C)(C)C(=O)N2)C(F)(F)F)cc1. The van der Waals surface area contributed by atoms with Crippen molar-refractivity contribution < 1.29 is 18.0 Å². The standard InChI is InChI=1S/C15H19F3N2O/c1-10-4-6-11(7-5-10)8-12(15(16,17)18)20-9-14(2,3)13(21)19-20/h4-7,12H,8-9H2,1-3H3,(H,19,21). The van der Waals surface area contributed by atoms with E-state index in [1.807, 2.05) is 6.92 Å². The number of hydrazine groups is 1. The normalized spacial score (nSPS) is 20.4. The minimum Gasteiger partial charge on any atom is -0.288 e. The molecule has 21 heavy (non-hydrogen) atoms. The van der Waals surface area contributed by atoms with Crippen molar-refractivity contribution >= 4 is 5.91 Å². The molecule has 1 fully saturated rings. The van der Waals surface area contributed by atoms with Gasteiger partial charge in [-0.3, -0.25) is 10.2 Å². The number of amides is 1. The molecule has 1 N–H and O–H groups in total. The molecule has 1 saturated heterocycles. The average Bonchev–Trinajstić information content (AvgIpc) is 2.61. The molecule has 1 aliphatic heterocycles. The lowest BCUT2D eigenvalue weighted by Gasteiger charge is -2.29. The number of nitrogens with one attached hydrogen (secondary N) is 1. The van der Waals surface area contributed by atoms with E-state index in [4.69, 9.17) is 0 Å². The van der Waals surface area contributed by atoms with Crippen LogP contribution < -0.4 is 5.43 Å². The second-order valence-corrected chi connectivity index (χ2v) is 6.20. The van der Waals surface area contributed by atoms with Crippen LogP contribution in [-0.4, -0.2) is 29.7 Å². The van der Waals surface area contributed by atoms with Crippen molar-refractivity contribution in [2.24, 2.45) is 5.41 Å². The van der Waals surface area contributed by atoms with Crippen molar-refractivity contribution in [3.63, 3.8) is 0 Å². The lowest BCUT2D eigenvalue weighted by Crippen LogP contribution is -2.51. The van der Waals surface area contributed by atoms with Gasteiger partial charge < -0.3 is 0 Å². The maximum Gasteiger partial charge on any atom is 0.406 e. The zero-order chi connectivity index (χ0) is 15.8. The molecule has 1 unspecified atom stereocenters. The molecular formula is C15H19F3N2O. The number of benzene rings is 1. The van der Waals surface area contributed by atoms with Crippen LogP contribution in [0.1, 0.15) is 25.0 Å². The van der Waals surface area contributed by atoms with Gasteiger partial charge in [-0.2, -0.15) is 13.2 Å². The number of nitrogens with zero attached hydrogens (tertiary/aromatic N) is 1. The molecule has 2 rings (SSSR count). The van der Waals surface area contributed by atoms with Gasteiger partial charge in [0.05, 0.1) is 5.41 Å². The van der Waals surface area contributed by atoms with Gasteiger partial charge in [0.2, 0.25) is 5.91 Å². The van der Waals surface area contributed by atoms with Crippen LogP contribution in [-0.2, 0) is 11.2 Å². The van der Waals surface area contributed by atoms with E-state index in [-0.39, 0.29) is 18.9 Å². The molecule has 3 nitrogen and oxygen atoms in total. The fourth-order valence-corrected chi connectivity index (χ4v) is 2.36. The van der Waals surface area contributed by atoms with E-state index in [9.17, 15) is 18.0 Å². The monoisotopic (exact) mass is 300 g/mol. The summed E-state index contributed by atoms with van der Waals surface area (Å²) in [6.07, 6.45) is -4.58. The van der Waals surface area contributed by atoms with E-state index in [1.165, 1.54) is 0 Å². The Morgan fingerprint density at radius 3 is 2.29 bits per heavy atom. The fourth-order valence-electron chi connectivity index (χ4n) is 2.36. The maximum absolute atomic E-state index is 13.3.